The largest absolute Gasteiger partial charge is 0.481 e. The van der Waals surface area contributed by atoms with Crippen LogP contribution in [-0.2, 0) is 24.7 Å². The highest BCUT2D eigenvalue weighted by atomic mass is 16.4. The van der Waals surface area contributed by atoms with Crippen LogP contribution in [-0.4, -0.2) is 20.9 Å². The summed E-state index contributed by atoms with van der Waals surface area (Å²) < 4.78 is 1.76. The summed E-state index contributed by atoms with van der Waals surface area (Å²) in [6.45, 7) is 1.91. The predicted molar refractivity (Wildman–Crippen MR) is 55.9 cm³/mol. The Labute approximate surface area is 88.9 Å². The molecule has 4 heteroatoms. The number of carboxylic acid groups (broad SMARTS) is 1. The molecule has 4 nitrogen and oxygen atoms in total. The molecule has 0 fully saturated rings. The molecule has 15 heavy (non-hydrogen) atoms. The average Bonchev–Trinajstić information content (AvgIpc) is 2.69. The molecule has 0 aliphatic heterocycles. The molecule has 2 rings (SSSR count). The number of aromatic nitrogens is 2. The molecule has 1 aromatic rings. The van der Waals surface area contributed by atoms with Crippen molar-refractivity contribution < 1.29 is 9.90 Å². The number of aliphatic carboxylic acids is 1. The SMILES string of the molecule is CCC(C(=O)O)c1c2c(nn1C)CCC2. The first-order valence-corrected chi connectivity index (χ1v) is 5.42. The van der Waals surface area contributed by atoms with Crippen LogP contribution in [0.2, 0.25) is 0 Å². The lowest BCUT2D eigenvalue weighted by molar-refractivity contribution is -0.139. The van der Waals surface area contributed by atoms with Gasteiger partial charge in [0, 0.05) is 7.05 Å². The molecule has 1 aromatic heterocycles. The molecule has 0 spiro atoms. The Morgan fingerprint density at radius 3 is 2.93 bits per heavy atom. The van der Waals surface area contributed by atoms with Gasteiger partial charge in [-0.3, -0.25) is 9.48 Å². The van der Waals surface area contributed by atoms with E-state index in [0.717, 1.165) is 30.7 Å². The van der Waals surface area contributed by atoms with Crippen LogP contribution in [0, 0.1) is 0 Å². The van der Waals surface area contributed by atoms with E-state index in [4.69, 9.17) is 5.11 Å². The molecule has 0 saturated carbocycles. The molecule has 0 aromatic carbocycles. The van der Waals surface area contributed by atoms with E-state index < -0.39 is 11.9 Å². The van der Waals surface area contributed by atoms with Crippen LogP contribution in [0.25, 0.3) is 0 Å². The van der Waals surface area contributed by atoms with Crippen LogP contribution < -0.4 is 0 Å². The van der Waals surface area contributed by atoms with Crippen LogP contribution >= 0.6 is 0 Å². The van der Waals surface area contributed by atoms with Crippen molar-refractivity contribution in [1.82, 2.24) is 9.78 Å². The number of hydrogen-bond donors (Lipinski definition) is 1. The average molecular weight is 208 g/mol. The molecule has 1 heterocycles. The van der Waals surface area contributed by atoms with E-state index in [9.17, 15) is 4.79 Å². The first-order chi connectivity index (χ1) is 7.15. The summed E-state index contributed by atoms with van der Waals surface area (Å²) in [7, 11) is 1.85. The van der Waals surface area contributed by atoms with E-state index in [1.165, 1.54) is 5.56 Å². The second-order valence-corrected chi connectivity index (χ2v) is 4.09. The number of hydrogen-bond acceptors (Lipinski definition) is 2. The highest BCUT2D eigenvalue weighted by Gasteiger charge is 2.29. The molecule has 82 valence electrons. The zero-order valence-corrected chi connectivity index (χ0v) is 9.16. The fraction of sp³-hybridized carbons (Fsp3) is 0.636. The lowest BCUT2D eigenvalue weighted by Gasteiger charge is -2.12. The lowest BCUT2D eigenvalue weighted by Crippen LogP contribution is -2.16. The number of aryl methyl sites for hydroxylation is 2. The van der Waals surface area contributed by atoms with Crippen molar-refractivity contribution in [3.8, 4) is 0 Å². The van der Waals surface area contributed by atoms with E-state index in [1.54, 1.807) is 4.68 Å². The van der Waals surface area contributed by atoms with Gasteiger partial charge in [-0.1, -0.05) is 6.92 Å². The Hall–Kier alpha value is -1.32. The summed E-state index contributed by atoms with van der Waals surface area (Å²) in [4.78, 5) is 11.1. The minimum Gasteiger partial charge on any atom is -0.481 e. The minimum atomic E-state index is -0.741. The zero-order chi connectivity index (χ0) is 11.0. The highest BCUT2D eigenvalue weighted by Crippen LogP contribution is 2.31. The first-order valence-electron chi connectivity index (χ1n) is 5.42. The van der Waals surface area contributed by atoms with Gasteiger partial charge < -0.3 is 5.11 Å². The van der Waals surface area contributed by atoms with Gasteiger partial charge >= 0.3 is 5.97 Å². The maximum absolute atomic E-state index is 11.1. The van der Waals surface area contributed by atoms with E-state index in [0.29, 0.717) is 6.42 Å². The van der Waals surface area contributed by atoms with Gasteiger partial charge in [0.15, 0.2) is 0 Å². The molecule has 0 saturated heterocycles. The van der Waals surface area contributed by atoms with Gasteiger partial charge in [0.05, 0.1) is 17.3 Å². The van der Waals surface area contributed by atoms with Gasteiger partial charge in [-0.05, 0) is 31.2 Å². The molecular formula is C11H16N2O2. The summed E-state index contributed by atoms with van der Waals surface area (Å²) in [5.74, 6) is -1.14. The molecule has 1 unspecified atom stereocenters. The molecule has 1 aliphatic carbocycles. The topological polar surface area (TPSA) is 55.1 Å². The lowest BCUT2D eigenvalue weighted by atomic mass is 9.98. The molecule has 0 radical (unpaired) electrons. The Bertz CT molecular complexity index is 396. The monoisotopic (exact) mass is 208 g/mol. The second-order valence-electron chi connectivity index (χ2n) is 4.09. The number of rotatable bonds is 3. The standard InChI is InChI=1S/C11H16N2O2/c1-3-7(11(14)15)10-8-5-4-6-9(8)12-13(10)2/h7H,3-6H2,1-2H3,(H,14,15). The molecule has 0 amide bonds. The van der Waals surface area contributed by atoms with E-state index in [1.807, 2.05) is 14.0 Å². The Morgan fingerprint density at radius 2 is 2.33 bits per heavy atom. The van der Waals surface area contributed by atoms with Gasteiger partial charge in [-0.25, -0.2) is 0 Å². The predicted octanol–water partition coefficient (Wildman–Crippen LogP) is 1.49. The normalized spacial score (nSPS) is 16.4. The zero-order valence-electron chi connectivity index (χ0n) is 9.16. The summed E-state index contributed by atoms with van der Waals surface area (Å²) in [6.07, 6.45) is 3.73. The summed E-state index contributed by atoms with van der Waals surface area (Å²) in [6, 6.07) is 0. The molecule has 1 aliphatic rings. The van der Waals surface area contributed by atoms with Crippen molar-refractivity contribution in [2.24, 2.45) is 7.05 Å². The van der Waals surface area contributed by atoms with Gasteiger partial charge in [-0.15, -0.1) is 0 Å². The summed E-state index contributed by atoms with van der Waals surface area (Å²) in [5.41, 5.74) is 3.21. The summed E-state index contributed by atoms with van der Waals surface area (Å²) >= 11 is 0. The number of carbonyl (C=O) groups is 1. The number of carboxylic acids is 1. The van der Waals surface area contributed by atoms with Crippen LogP contribution in [0.15, 0.2) is 0 Å². The third-order valence-corrected chi connectivity index (χ3v) is 3.15. The van der Waals surface area contributed by atoms with Crippen LogP contribution in [0.3, 0.4) is 0 Å². The minimum absolute atomic E-state index is 0.399. The van der Waals surface area contributed by atoms with E-state index >= 15 is 0 Å². The first kappa shape index (κ1) is 10.2. The third kappa shape index (κ3) is 1.54. The van der Waals surface area contributed by atoms with Crippen molar-refractivity contribution in [2.45, 2.75) is 38.5 Å². The Morgan fingerprint density at radius 1 is 1.60 bits per heavy atom. The number of fused-ring (bicyclic) bond motifs is 1. The Balaban J connectivity index is 2.46. The summed E-state index contributed by atoms with van der Waals surface area (Å²) in [5, 5.41) is 13.6. The quantitative estimate of drug-likeness (QED) is 0.818. The van der Waals surface area contributed by atoms with Crippen molar-refractivity contribution in [2.75, 3.05) is 0 Å². The van der Waals surface area contributed by atoms with Gasteiger partial charge in [0.1, 0.15) is 0 Å². The third-order valence-electron chi connectivity index (χ3n) is 3.15. The van der Waals surface area contributed by atoms with Crippen molar-refractivity contribution in [3.63, 3.8) is 0 Å². The van der Waals surface area contributed by atoms with Crippen LogP contribution in [0.4, 0.5) is 0 Å². The maximum Gasteiger partial charge on any atom is 0.312 e. The van der Waals surface area contributed by atoms with E-state index in [2.05, 4.69) is 5.10 Å². The van der Waals surface area contributed by atoms with Crippen molar-refractivity contribution >= 4 is 5.97 Å². The van der Waals surface area contributed by atoms with Crippen LogP contribution in [0.5, 0.6) is 0 Å². The number of nitrogens with zero attached hydrogens (tertiary/aromatic N) is 2. The highest BCUT2D eigenvalue weighted by molar-refractivity contribution is 5.76. The van der Waals surface area contributed by atoms with Crippen LogP contribution in [0.1, 0.15) is 42.6 Å². The van der Waals surface area contributed by atoms with Gasteiger partial charge in [0.25, 0.3) is 0 Å². The fourth-order valence-corrected chi connectivity index (χ4v) is 2.47. The second kappa shape index (κ2) is 3.68. The van der Waals surface area contributed by atoms with Crippen molar-refractivity contribution in [1.29, 1.82) is 0 Å². The fourth-order valence-electron chi connectivity index (χ4n) is 2.47. The molecule has 0 bridgehead atoms. The molecular weight excluding hydrogens is 192 g/mol. The maximum atomic E-state index is 11.1. The Kier molecular flexibility index (Phi) is 2.50. The molecule has 1 N–H and O–H groups in total. The van der Waals surface area contributed by atoms with Crippen molar-refractivity contribution in [3.05, 3.63) is 17.0 Å². The van der Waals surface area contributed by atoms with E-state index in [-0.39, 0.29) is 0 Å². The van der Waals surface area contributed by atoms with Gasteiger partial charge in [0.2, 0.25) is 0 Å². The van der Waals surface area contributed by atoms with Gasteiger partial charge in [-0.2, -0.15) is 5.10 Å². The molecule has 1 atom stereocenters. The smallest absolute Gasteiger partial charge is 0.312 e.